The largest absolute Gasteiger partial charge is 0.378 e. The highest BCUT2D eigenvalue weighted by Gasteiger charge is 2.23. The van der Waals surface area contributed by atoms with Crippen molar-refractivity contribution in [3.63, 3.8) is 0 Å². The standard InChI is InChI=1S/C16H17Cl2N3O4S2/c1-10-6-11(17)7-13(18)15(10)27(23,24)20-16-19-12(9-26-16)8-14(22)21-2-4-25-5-3-21/h6-7,9H,2-5,8H2,1H3,(H,19,20). The number of anilines is 1. The minimum atomic E-state index is -3.93. The van der Waals surface area contributed by atoms with Gasteiger partial charge in [0.1, 0.15) is 4.90 Å². The fourth-order valence-electron chi connectivity index (χ4n) is 2.71. The van der Waals surface area contributed by atoms with E-state index in [2.05, 4.69) is 9.71 Å². The van der Waals surface area contributed by atoms with Gasteiger partial charge in [-0.25, -0.2) is 13.4 Å². The zero-order valence-corrected chi connectivity index (χ0v) is 17.5. The first kappa shape index (κ1) is 20.3. The Labute approximate surface area is 171 Å². The summed E-state index contributed by atoms with van der Waals surface area (Å²) in [4.78, 5) is 18.1. The molecule has 7 nitrogen and oxygen atoms in total. The van der Waals surface area contributed by atoms with E-state index in [4.69, 9.17) is 27.9 Å². The Morgan fingerprint density at radius 3 is 2.70 bits per heavy atom. The molecule has 1 aliphatic heterocycles. The molecule has 11 heteroatoms. The normalized spacial score (nSPS) is 15.0. The Morgan fingerprint density at radius 2 is 2.04 bits per heavy atom. The predicted octanol–water partition coefficient (Wildman–Crippen LogP) is 2.96. The third-order valence-corrected chi connectivity index (χ3v) is 7.04. The number of carbonyl (C=O) groups excluding carboxylic acids is 1. The number of aromatic nitrogens is 1. The van der Waals surface area contributed by atoms with Crippen molar-refractivity contribution in [1.82, 2.24) is 9.88 Å². The summed E-state index contributed by atoms with van der Waals surface area (Å²) in [5.41, 5.74) is 0.937. The van der Waals surface area contributed by atoms with E-state index in [9.17, 15) is 13.2 Å². The van der Waals surface area contributed by atoms with Gasteiger partial charge >= 0.3 is 0 Å². The van der Waals surface area contributed by atoms with Crippen molar-refractivity contribution in [3.8, 4) is 0 Å². The number of amides is 1. The third kappa shape index (κ3) is 4.91. The second-order valence-corrected chi connectivity index (χ2v) is 9.27. The van der Waals surface area contributed by atoms with Crippen LogP contribution in [0.1, 0.15) is 11.3 Å². The fraction of sp³-hybridized carbons (Fsp3) is 0.375. The average Bonchev–Trinajstić information content (AvgIpc) is 3.00. The fourth-order valence-corrected chi connectivity index (χ4v) is 5.86. The lowest BCUT2D eigenvalue weighted by molar-refractivity contribution is -0.134. The van der Waals surface area contributed by atoms with Gasteiger partial charge in [-0.15, -0.1) is 11.3 Å². The lowest BCUT2D eigenvalue weighted by Gasteiger charge is -2.26. The minimum absolute atomic E-state index is 0.0341. The second kappa shape index (κ2) is 8.32. The summed E-state index contributed by atoms with van der Waals surface area (Å²) < 4.78 is 33.0. The van der Waals surface area contributed by atoms with E-state index >= 15 is 0 Å². The van der Waals surface area contributed by atoms with Crippen LogP contribution in [0.25, 0.3) is 0 Å². The van der Waals surface area contributed by atoms with Gasteiger partial charge in [0, 0.05) is 23.5 Å². The molecule has 0 bridgehead atoms. The van der Waals surface area contributed by atoms with E-state index < -0.39 is 10.0 Å². The number of rotatable bonds is 5. The molecule has 3 rings (SSSR count). The third-order valence-electron chi connectivity index (χ3n) is 3.93. The second-order valence-electron chi connectivity index (χ2n) is 5.95. The Balaban J connectivity index is 1.72. The molecule has 146 valence electrons. The highest BCUT2D eigenvalue weighted by Crippen LogP contribution is 2.31. The molecule has 1 aromatic carbocycles. The molecule has 0 atom stereocenters. The molecule has 1 amide bonds. The van der Waals surface area contributed by atoms with E-state index in [0.717, 1.165) is 11.3 Å². The highest BCUT2D eigenvalue weighted by molar-refractivity contribution is 7.93. The minimum Gasteiger partial charge on any atom is -0.378 e. The smallest absolute Gasteiger partial charge is 0.265 e. The molecule has 1 N–H and O–H groups in total. The van der Waals surface area contributed by atoms with Crippen LogP contribution < -0.4 is 4.72 Å². The summed E-state index contributed by atoms with van der Waals surface area (Å²) in [6.07, 6.45) is 0.110. The molecule has 0 aliphatic carbocycles. The van der Waals surface area contributed by atoms with Gasteiger partial charge in [-0.2, -0.15) is 0 Å². The number of morpholine rings is 1. The van der Waals surface area contributed by atoms with Gasteiger partial charge in [0.15, 0.2) is 5.13 Å². The summed E-state index contributed by atoms with van der Waals surface area (Å²) in [5, 5.41) is 2.22. The van der Waals surface area contributed by atoms with Gasteiger partial charge in [-0.1, -0.05) is 23.2 Å². The number of sulfonamides is 1. The Kier molecular flexibility index (Phi) is 6.27. The number of ether oxygens (including phenoxy) is 1. The number of thiazole rings is 1. The van der Waals surface area contributed by atoms with E-state index in [1.165, 1.54) is 12.1 Å². The van der Waals surface area contributed by atoms with E-state index in [-0.39, 0.29) is 27.4 Å². The topological polar surface area (TPSA) is 88.6 Å². The van der Waals surface area contributed by atoms with Crippen molar-refractivity contribution in [3.05, 3.63) is 38.8 Å². The molecule has 1 aromatic heterocycles. The number of hydrogen-bond donors (Lipinski definition) is 1. The lowest BCUT2D eigenvalue weighted by Crippen LogP contribution is -2.41. The zero-order valence-electron chi connectivity index (χ0n) is 14.4. The molecule has 0 unspecified atom stereocenters. The molecule has 1 saturated heterocycles. The summed E-state index contributed by atoms with van der Waals surface area (Å²) >= 11 is 13.1. The van der Waals surface area contributed by atoms with Gasteiger partial charge in [-0.3, -0.25) is 9.52 Å². The van der Waals surface area contributed by atoms with Gasteiger partial charge < -0.3 is 9.64 Å². The van der Waals surface area contributed by atoms with Crippen LogP contribution >= 0.6 is 34.5 Å². The van der Waals surface area contributed by atoms with Crippen LogP contribution in [0.15, 0.2) is 22.4 Å². The maximum Gasteiger partial charge on any atom is 0.265 e. The molecule has 27 heavy (non-hydrogen) atoms. The van der Waals surface area contributed by atoms with Crippen LogP contribution in [0.3, 0.4) is 0 Å². The number of nitrogens with one attached hydrogen (secondary N) is 1. The first-order valence-corrected chi connectivity index (χ1v) is 11.2. The van der Waals surface area contributed by atoms with Crippen LogP contribution in [0.5, 0.6) is 0 Å². The SMILES string of the molecule is Cc1cc(Cl)cc(Cl)c1S(=O)(=O)Nc1nc(CC(=O)N2CCOCC2)cs1. The number of benzene rings is 1. The van der Waals surface area contributed by atoms with Crippen molar-refractivity contribution in [2.75, 3.05) is 31.0 Å². The van der Waals surface area contributed by atoms with Gasteiger partial charge in [0.25, 0.3) is 10.0 Å². The summed E-state index contributed by atoms with van der Waals surface area (Å²) in [7, 11) is -3.93. The van der Waals surface area contributed by atoms with Gasteiger partial charge in [-0.05, 0) is 24.6 Å². The Morgan fingerprint density at radius 1 is 1.33 bits per heavy atom. The van der Waals surface area contributed by atoms with Gasteiger partial charge in [0.2, 0.25) is 5.91 Å². The van der Waals surface area contributed by atoms with Crippen molar-refractivity contribution in [2.24, 2.45) is 0 Å². The molecule has 2 heterocycles. The average molecular weight is 450 g/mol. The van der Waals surface area contributed by atoms with E-state index in [1.807, 2.05) is 0 Å². The lowest BCUT2D eigenvalue weighted by atomic mass is 10.2. The molecule has 0 saturated carbocycles. The van der Waals surface area contributed by atoms with E-state index in [0.29, 0.717) is 42.6 Å². The van der Waals surface area contributed by atoms with Crippen LogP contribution in [0.2, 0.25) is 10.0 Å². The monoisotopic (exact) mass is 449 g/mol. The molecule has 2 aromatic rings. The maximum atomic E-state index is 12.7. The van der Waals surface area contributed by atoms with Crippen LogP contribution in [0.4, 0.5) is 5.13 Å². The molecule has 0 radical (unpaired) electrons. The van der Waals surface area contributed by atoms with Crippen LogP contribution in [-0.4, -0.2) is 50.5 Å². The molecule has 1 aliphatic rings. The van der Waals surface area contributed by atoms with Crippen molar-refractivity contribution >= 4 is 55.6 Å². The molecular formula is C16H17Cl2N3O4S2. The van der Waals surface area contributed by atoms with Crippen molar-refractivity contribution in [1.29, 1.82) is 0 Å². The van der Waals surface area contributed by atoms with Gasteiger partial charge in [0.05, 0.1) is 30.4 Å². The molecule has 0 spiro atoms. The Bertz CT molecular complexity index is 933. The van der Waals surface area contributed by atoms with Crippen molar-refractivity contribution < 1.29 is 17.9 Å². The first-order chi connectivity index (χ1) is 12.8. The highest BCUT2D eigenvalue weighted by atomic mass is 35.5. The Hall–Kier alpha value is -1.39. The summed E-state index contributed by atoms with van der Waals surface area (Å²) in [6, 6.07) is 2.90. The van der Waals surface area contributed by atoms with Crippen LogP contribution in [0, 0.1) is 6.92 Å². The first-order valence-electron chi connectivity index (χ1n) is 8.04. The molecular weight excluding hydrogens is 433 g/mol. The van der Waals surface area contributed by atoms with Crippen molar-refractivity contribution in [2.45, 2.75) is 18.2 Å². The zero-order chi connectivity index (χ0) is 19.6. The number of aryl methyl sites for hydroxylation is 1. The van der Waals surface area contributed by atoms with E-state index in [1.54, 1.807) is 17.2 Å². The number of hydrogen-bond acceptors (Lipinski definition) is 6. The number of halogens is 2. The summed E-state index contributed by atoms with van der Waals surface area (Å²) in [5.74, 6) is -0.0606. The number of carbonyl (C=O) groups is 1. The summed E-state index contributed by atoms with van der Waals surface area (Å²) in [6.45, 7) is 3.76. The quantitative estimate of drug-likeness (QED) is 0.757. The van der Waals surface area contributed by atoms with Crippen LogP contribution in [-0.2, 0) is 26.0 Å². The number of nitrogens with zero attached hydrogens (tertiary/aromatic N) is 2. The molecule has 1 fully saturated rings. The maximum absolute atomic E-state index is 12.7. The predicted molar refractivity (Wildman–Crippen MR) is 105 cm³/mol.